The molecule has 4 unspecified atom stereocenters. The van der Waals surface area contributed by atoms with Crippen molar-refractivity contribution in [1.29, 1.82) is 0 Å². The highest BCUT2D eigenvalue weighted by atomic mass is 16.5. The summed E-state index contributed by atoms with van der Waals surface area (Å²) in [7, 11) is 0. The Morgan fingerprint density at radius 3 is 2.26 bits per heavy atom. The van der Waals surface area contributed by atoms with Crippen molar-refractivity contribution in [3.63, 3.8) is 0 Å². The Balaban J connectivity index is 1.17. The van der Waals surface area contributed by atoms with Gasteiger partial charge in [-0.2, -0.15) is 0 Å². The molecule has 1 heterocycles. The largest absolute Gasteiger partial charge is 0.481 e. The van der Waals surface area contributed by atoms with Crippen LogP contribution in [0.5, 0.6) is 0 Å². The van der Waals surface area contributed by atoms with Gasteiger partial charge in [-0.3, -0.25) is 9.59 Å². The summed E-state index contributed by atoms with van der Waals surface area (Å²) in [5.74, 6) is -1.19. The maximum absolute atomic E-state index is 13.2. The lowest BCUT2D eigenvalue weighted by atomic mass is 9.93. The van der Waals surface area contributed by atoms with Crippen molar-refractivity contribution in [3.05, 3.63) is 59.7 Å². The summed E-state index contributed by atoms with van der Waals surface area (Å²) in [6.07, 6.45) is 0.204. The first-order valence-corrected chi connectivity index (χ1v) is 12.5. The van der Waals surface area contributed by atoms with Crippen LogP contribution in [-0.2, 0) is 14.3 Å². The molecule has 2 aromatic rings. The van der Waals surface area contributed by atoms with Gasteiger partial charge in [-0.05, 0) is 46.4 Å². The number of carbonyl (C=O) groups excluding carboxylic acids is 2. The molecule has 0 spiro atoms. The Labute approximate surface area is 205 Å². The molecule has 4 atom stereocenters. The maximum atomic E-state index is 13.2. The number of aliphatic carboxylic acids is 1. The molecule has 0 aromatic heterocycles. The number of carboxylic acid groups (broad SMARTS) is 1. The van der Waals surface area contributed by atoms with Crippen molar-refractivity contribution in [1.82, 2.24) is 10.2 Å². The van der Waals surface area contributed by atoms with Crippen LogP contribution in [0.2, 0.25) is 0 Å². The van der Waals surface area contributed by atoms with E-state index in [0.29, 0.717) is 13.1 Å². The first-order valence-electron chi connectivity index (χ1n) is 12.5. The van der Waals surface area contributed by atoms with Crippen molar-refractivity contribution in [2.45, 2.75) is 26.2 Å². The van der Waals surface area contributed by atoms with Gasteiger partial charge in [-0.1, -0.05) is 62.4 Å². The topological polar surface area (TPSA) is 95.9 Å². The van der Waals surface area contributed by atoms with Gasteiger partial charge in [-0.25, -0.2) is 4.79 Å². The molecule has 35 heavy (non-hydrogen) atoms. The predicted molar refractivity (Wildman–Crippen MR) is 131 cm³/mol. The van der Waals surface area contributed by atoms with Gasteiger partial charge >= 0.3 is 12.1 Å². The number of likely N-dealkylation sites (tertiary alicyclic amines) is 1. The van der Waals surface area contributed by atoms with Gasteiger partial charge < -0.3 is 20.1 Å². The normalized spacial score (nSPS) is 23.2. The number of piperidine rings is 1. The average molecular weight is 477 g/mol. The van der Waals surface area contributed by atoms with Gasteiger partial charge in [0.25, 0.3) is 0 Å². The van der Waals surface area contributed by atoms with Crippen LogP contribution in [0.25, 0.3) is 11.1 Å². The summed E-state index contributed by atoms with van der Waals surface area (Å²) >= 11 is 0. The van der Waals surface area contributed by atoms with E-state index in [1.807, 2.05) is 38.1 Å². The van der Waals surface area contributed by atoms with Crippen LogP contribution < -0.4 is 5.32 Å². The number of hydrogen-bond acceptors (Lipinski definition) is 4. The number of rotatable bonds is 7. The molecule has 1 saturated heterocycles. The lowest BCUT2D eigenvalue weighted by Crippen LogP contribution is -2.46. The van der Waals surface area contributed by atoms with Crippen molar-refractivity contribution in [3.8, 4) is 11.1 Å². The van der Waals surface area contributed by atoms with Crippen LogP contribution in [0.4, 0.5) is 4.79 Å². The fourth-order valence-electron chi connectivity index (χ4n) is 5.99. The SMILES string of the molecule is CC(C)C(CNC(=O)OCC1c2ccccc2-c2ccccc21)C(=O)N1CCC2C(C1)C2C(=O)O. The van der Waals surface area contributed by atoms with Crippen LogP contribution in [0.1, 0.15) is 37.3 Å². The van der Waals surface area contributed by atoms with E-state index in [1.165, 1.54) is 11.1 Å². The molecule has 0 radical (unpaired) electrons. The second-order valence-electron chi connectivity index (χ2n) is 10.3. The molecule has 2 fully saturated rings. The summed E-state index contributed by atoms with van der Waals surface area (Å²) in [6, 6.07) is 16.4. The molecular weight excluding hydrogens is 444 g/mol. The molecule has 2 aliphatic carbocycles. The first kappa shape index (κ1) is 23.4. The quantitative estimate of drug-likeness (QED) is 0.630. The van der Waals surface area contributed by atoms with Crippen LogP contribution in [0.15, 0.2) is 48.5 Å². The molecule has 2 N–H and O–H groups in total. The van der Waals surface area contributed by atoms with Crippen molar-refractivity contribution < 1.29 is 24.2 Å². The summed E-state index contributed by atoms with van der Waals surface area (Å²) in [4.78, 5) is 39.0. The summed E-state index contributed by atoms with van der Waals surface area (Å²) in [5, 5.41) is 12.1. The highest BCUT2D eigenvalue weighted by Gasteiger charge is 2.57. The number of alkyl carbamates (subject to hydrolysis) is 1. The van der Waals surface area contributed by atoms with Gasteiger partial charge in [0.1, 0.15) is 6.61 Å². The number of fused-ring (bicyclic) bond motifs is 4. The Kier molecular flexibility index (Phi) is 6.26. The van der Waals surface area contributed by atoms with E-state index in [2.05, 4.69) is 29.6 Å². The van der Waals surface area contributed by atoms with E-state index in [-0.39, 0.29) is 54.6 Å². The van der Waals surface area contributed by atoms with E-state index < -0.39 is 12.1 Å². The Morgan fingerprint density at radius 1 is 1.03 bits per heavy atom. The molecule has 7 nitrogen and oxygen atoms in total. The fourth-order valence-corrected chi connectivity index (χ4v) is 5.99. The molecule has 1 saturated carbocycles. The maximum Gasteiger partial charge on any atom is 0.407 e. The van der Waals surface area contributed by atoms with Gasteiger partial charge in [0.2, 0.25) is 5.91 Å². The van der Waals surface area contributed by atoms with Gasteiger partial charge in [0.05, 0.1) is 11.8 Å². The van der Waals surface area contributed by atoms with Crippen LogP contribution in [0.3, 0.4) is 0 Å². The second kappa shape index (κ2) is 9.36. The predicted octanol–water partition coefficient (Wildman–Crippen LogP) is 3.98. The van der Waals surface area contributed by atoms with Gasteiger partial charge in [0, 0.05) is 25.6 Å². The van der Waals surface area contributed by atoms with Crippen molar-refractivity contribution in [2.24, 2.45) is 29.6 Å². The number of nitrogens with one attached hydrogen (secondary N) is 1. The summed E-state index contributed by atoms with van der Waals surface area (Å²) in [6.45, 7) is 5.43. The van der Waals surface area contributed by atoms with Crippen molar-refractivity contribution in [2.75, 3.05) is 26.2 Å². The smallest absolute Gasteiger partial charge is 0.407 e. The molecule has 0 bridgehead atoms. The number of amides is 2. The zero-order valence-corrected chi connectivity index (χ0v) is 20.1. The Bertz CT molecular complexity index is 1100. The fraction of sp³-hybridized carbons (Fsp3) is 0.464. The first-order chi connectivity index (χ1) is 16.9. The number of carbonyl (C=O) groups is 3. The molecule has 5 rings (SSSR count). The number of benzene rings is 2. The monoisotopic (exact) mass is 476 g/mol. The molecule has 3 aliphatic rings. The molecule has 7 heteroatoms. The number of nitrogens with zero attached hydrogens (tertiary/aromatic N) is 1. The van der Waals surface area contributed by atoms with E-state index >= 15 is 0 Å². The lowest BCUT2D eigenvalue weighted by Gasteiger charge is -2.31. The van der Waals surface area contributed by atoms with Crippen LogP contribution in [0, 0.1) is 29.6 Å². The van der Waals surface area contributed by atoms with E-state index in [1.54, 1.807) is 4.90 Å². The zero-order chi connectivity index (χ0) is 24.7. The molecule has 2 aromatic carbocycles. The third-order valence-electron chi connectivity index (χ3n) is 8.02. The molecule has 1 aliphatic heterocycles. The number of ether oxygens (including phenoxy) is 1. The van der Waals surface area contributed by atoms with Crippen LogP contribution >= 0.6 is 0 Å². The molecule has 184 valence electrons. The Morgan fingerprint density at radius 2 is 1.66 bits per heavy atom. The highest BCUT2D eigenvalue weighted by Crippen LogP contribution is 2.52. The zero-order valence-electron chi connectivity index (χ0n) is 20.1. The minimum atomic E-state index is -0.758. The van der Waals surface area contributed by atoms with Crippen LogP contribution in [-0.4, -0.2) is 54.2 Å². The summed E-state index contributed by atoms with van der Waals surface area (Å²) in [5.41, 5.74) is 4.65. The molecular formula is C28H32N2O5. The third kappa shape index (κ3) is 4.40. The summed E-state index contributed by atoms with van der Waals surface area (Å²) < 4.78 is 5.62. The van der Waals surface area contributed by atoms with Crippen molar-refractivity contribution >= 4 is 18.0 Å². The minimum absolute atomic E-state index is 0.0160. The highest BCUT2D eigenvalue weighted by molar-refractivity contribution is 5.81. The molecule has 2 amide bonds. The standard InChI is InChI=1S/C28H32N2O5/c1-16(2)22(26(31)30-12-11-21-23(14-30)25(21)27(32)33)13-29-28(34)35-15-24-19-9-5-3-7-17(19)18-8-4-6-10-20(18)24/h3-10,16,21-25H,11-15H2,1-2H3,(H,29,34)(H,32,33). The van der Waals surface area contributed by atoms with E-state index in [9.17, 15) is 19.5 Å². The number of carboxylic acids is 1. The van der Waals surface area contributed by atoms with E-state index in [4.69, 9.17) is 4.74 Å². The van der Waals surface area contributed by atoms with E-state index in [0.717, 1.165) is 17.5 Å². The number of hydrogen-bond donors (Lipinski definition) is 2. The lowest BCUT2D eigenvalue weighted by molar-refractivity contribution is -0.140. The minimum Gasteiger partial charge on any atom is -0.481 e. The average Bonchev–Trinajstić information content (AvgIpc) is 3.50. The third-order valence-corrected chi connectivity index (χ3v) is 8.02. The van der Waals surface area contributed by atoms with Gasteiger partial charge in [0.15, 0.2) is 0 Å². The van der Waals surface area contributed by atoms with Gasteiger partial charge in [-0.15, -0.1) is 0 Å². The second-order valence-corrected chi connectivity index (χ2v) is 10.3. The Hall–Kier alpha value is -3.35.